The fraction of sp³-hybridized carbons (Fsp3) is 0.190. The van der Waals surface area contributed by atoms with E-state index < -0.39 is 0 Å². The quantitative estimate of drug-likeness (QED) is 0.773. The van der Waals surface area contributed by atoms with E-state index in [0.717, 1.165) is 29.9 Å². The number of amides is 2. The number of benzene rings is 2. The number of nitrogens with zero attached hydrogens (tertiary/aromatic N) is 3. The van der Waals surface area contributed by atoms with Gasteiger partial charge in [0.15, 0.2) is 0 Å². The smallest absolute Gasteiger partial charge is 0.255 e. The Labute approximate surface area is 157 Å². The lowest BCUT2D eigenvalue weighted by molar-refractivity contribution is -0.117. The van der Waals surface area contributed by atoms with E-state index in [2.05, 4.69) is 10.4 Å². The molecule has 1 fully saturated rings. The summed E-state index contributed by atoms with van der Waals surface area (Å²) in [6, 6.07) is 14.7. The van der Waals surface area contributed by atoms with Crippen LogP contribution < -0.4 is 10.2 Å². The third-order valence-corrected chi connectivity index (χ3v) is 4.59. The van der Waals surface area contributed by atoms with E-state index in [4.69, 9.17) is 0 Å². The van der Waals surface area contributed by atoms with Gasteiger partial charge in [0, 0.05) is 36.1 Å². The first kappa shape index (κ1) is 17.0. The van der Waals surface area contributed by atoms with Crippen molar-refractivity contribution in [2.24, 2.45) is 0 Å². The minimum absolute atomic E-state index is 0.128. The number of hydrogen-bond acceptors (Lipinski definition) is 3. The van der Waals surface area contributed by atoms with Crippen molar-refractivity contribution in [2.75, 3.05) is 16.8 Å². The number of aromatic nitrogens is 2. The van der Waals surface area contributed by atoms with E-state index in [-0.39, 0.29) is 11.8 Å². The molecule has 6 heteroatoms. The van der Waals surface area contributed by atoms with Crippen LogP contribution in [0.3, 0.4) is 0 Å². The summed E-state index contributed by atoms with van der Waals surface area (Å²) in [6.45, 7) is 2.71. The number of aryl methyl sites for hydroxylation is 1. The van der Waals surface area contributed by atoms with Gasteiger partial charge in [-0.05, 0) is 61.4 Å². The Morgan fingerprint density at radius 1 is 1.11 bits per heavy atom. The SMILES string of the molecule is Cc1cnn(-c2ccc(C(=O)Nc3cccc(N4CCCC4=O)c3)cc2)c1. The zero-order chi connectivity index (χ0) is 18.8. The van der Waals surface area contributed by atoms with Crippen molar-refractivity contribution in [3.63, 3.8) is 0 Å². The van der Waals surface area contributed by atoms with Crippen LogP contribution in [0.4, 0.5) is 11.4 Å². The fourth-order valence-electron chi connectivity index (χ4n) is 3.20. The number of hydrogen-bond donors (Lipinski definition) is 1. The van der Waals surface area contributed by atoms with Gasteiger partial charge in [0.1, 0.15) is 0 Å². The number of carbonyl (C=O) groups excluding carboxylic acids is 2. The second kappa shape index (κ2) is 7.07. The maximum Gasteiger partial charge on any atom is 0.255 e. The highest BCUT2D eigenvalue weighted by molar-refractivity contribution is 6.05. The van der Waals surface area contributed by atoms with Crippen LogP contribution in [-0.2, 0) is 4.79 Å². The predicted molar refractivity (Wildman–Crippen MR) is 104 cm³/mol. The Morgan fingerprint density at radius 3 is 2.59 bits per heavy atom. The standard InChI is InChI=1S/C21H20N4O2/c1-15-13-22-25(14-15)18-9-7-16(8-10-18)21(27)23-17-4-2-5-19(12-17)24-11-3-6-20(24)26/h2,4-5,7-10,12-14H,3,6,11H2,1H3,(H,23,27). The predicted octanol–water partition coefficient (Wildman–Crippen LogP) is 3.56. The summed E-state index contributed by atoms with van der Waals surface area (Å²) in [5, 5.41) is 7.17. The summed E-state index contributed by atoms with van der Waals surface area (Å²) in [6.07, 6.45) is 5.18. The van der Waals surface area contributed by atoms with Crippen LogP contribution in [0.25, 0.3) is 5.69 Å². The molecule has 1 aliphatic rings. The molecule has 0 aliphatic carbocycles. The van der Waals surface area contributed by atoms with Gasteiger partial charge >= 0.3 is 0 Å². The molecular formula is C21H20N4O2. The topological polar surface area (TPSA) is 67.2 Å². The molecular weight excluding hydrogens is 340 g/mol. The lowest BCUT2D eigenvalue weighted by atomic mass is 10.2. The molecule has 0 unspecified atom stereocenters. The summed E-state index contributed by atoms with van der Waals surface area (Å²) < 4.78 is 1.77. The third kappa shape index (κ3) is 3.60. The molecule has 2 amide bonds. The molecule has 0 bridgehead atoms. The van der Waals surface area contributed by atoms with E-state index in [1.807, 2.05) is 49.5 Å². The monoisotopic (exact) mass is 360 g/mol. The normalized spacial score (nSPS) is 13.8. The van der Waals surface area contributed by atoms with E-state index >= 15 is 0 Å². The summed E-state index contributed by atoms with van der Waals surface area (Å²) in [4.78, 5) is 26.2. The van der Waals surface area contributed by atoms with Crippen molar-refractivity contribution in [1.82, 2.24) is 9.78 Å². The Morgan fingerprint density at radius 2 is 1.93 bits per heavy atom. The third-order valence-electron chi connectivity index (χ3n) is 4.59. The van der Waals surface area contributed by atoms with Crippen LogP contribution in [0.5, 0.6) is 0 Å². The number of nitrogens with one attached hydrogen (secondary N) is 1. The minimum Gasteiger partial charge on any atom is -0.322 e. The van der Waals surface area contributed by atoms with Gasteiger partial charge in [0.2, 0.25) is 5.91 Å². The van der Waals surface area contributed by atoms with Gasteiger partial charge < -0.3 is 10.2 Å². The molecule has 1 aliphatic heterocycles. The average molecular weight is 360 g/mol. The van der Waals surface area contributed by atoms with Crippen LogP contribution in [0, 0.1) is 6.92 Å². The number of carbonyl (C=O) groups is 2. The highest BCUT2D eigenvalue weighted by atomic mass is 16.2. The summed E-state index contributed by atoms with van der Waals surface area (Å²) in [5.41, 5.74) is 4.02. The van der Waals surface area contributed by atoms with Crippen molar-refractivity contribution < 1.29 is 9.59 Å². The maximum absolute atomic E-state index is 12.5. The molecule has 1 aromatic heterocycles. The molecule has 3 aromatic rings. The van der Waals surface area contributed by atoms with E-state index in [1.54, 1.807) is 27.9 Å². The van der Waals surface area contributed by atoms with Crippen molar-refractivity contribution in [3.05, 3.63) is 72.1 Å². The van der Waals surface area contributed by atoms with Crippen LogP contribution in [0.15, 0.2) is 60.9 Å². The van der Waals surface area contributed by atoms with E-state index in [9.17, 15) is 9.59 Å². The molecule has 1 N–H and O–H groups in total. The highest BCUT2D eigenvalue weighted by Crippen LogP contribution is 2.24. The van der Waals surface area contributed by atoms with Crippen molar-refractivity contribution in [1.29, 1.82) is 0 Å². The van der Waals surface area contributed by atoms with Crippen LogP contribution in [-0.4, -0.2) is 28.1 Å². The second-order valence-electron chi connectivity index (χ2n) is 6.66. The van der Waals surface area contributed by atoms with Crippen molar-refractivity contribution in [3.8, 4) is 5.69 Å². The van der Waals surface area contributed by atoms with Crippen LogP contribution in [0.1, 0.15) is 28.8 Å². The number of rotatable bonds is 4. The van der Waals surface area contributed by atoms with Crippen molar-refractivity contribution >= 4 is 23.2 Å². The van der Waals surface area contributed by atoms with Crippen molar-refractivity contribution in [2.45, 2.75) is 19.8 Å². The highest BCUT2D eigenvalue weighted by Gasteiger charge is 2.21. The molecule has 0 spiro atoms. The van der Waals surface area contributed by atoms with Gasteiger partial charge in [-0.2, -0.15) is 5.10 Å². The molecule has 0 saturated carbocycles. The average Bonchev–Trinajstić information content (AvgIpc) is 3.30. The molecule has 2 heterocycles. The lowest BCUT2D eigenvalue weighted by Gasteiger charge is -2.16. The molecule has 6 nitrogen and oxygen atoms in total. The second-order valence-corrected chi connectivity index (χ2v) is 6.66. The summed E-state index contributed by atoms with van der Waals surface area (Å²) in [5.74, 6) is -0.0639. The number of anilines is 2. The van der Waals surface area contributed by atoms with E-state index in [1.165, 1.54) is 0 Å². The first-order valence-electron chi connectivity index (χ1n) is 8.94. The Kier molecular flexibility index (Phi) is 4.46. The summed E-state index contributed by atoms with van der Waals surface area (Å²) >= 11 is 0. The zero-order valence-electron chi connectivity index (χ0n) is 15.1. The Bertz CT molecular complexity index is 991. The van der Waals surface area contributed by atoms with Gasteiger partial charge in [-0.3, -0.25) is 9.59 Å². The maximum atomic E-state index is 12.5. The first-order valence-corrected chi connectivity index (χ1v) is 8.94. The largest absolute Gasteiger partial charge is 0.322 e. The van der Waals surface area contributed by atoms with E-state index in [0.29, 0.717) is 17.7 Å². The molecule has 2 aromatic carbocycles. The van der Waals surface area contributed by atoms with Gasteiger partial charge in [0.05, 0.1) is 11.9 Å². The first-order chi connectivity index (χ1) is 13.1. The Hall–Kier alpha value is -3.41. The van der Waals surface area contributed by atoms with Gasteiger partial charge in [-0.25, -0.2) is 4.68 Å². The molecule has 4 rings (SSSR count). The molecule has 27 heavy (non-hydrogen) atoms. The zero-order valence-corrected chi connectivity index (χ0v) is 15.1. The molecule has 1 saturated heterocycles. The minimum atomic E-state index is -0.192. The molecule has 0 atom stereocenters. The van der Waals surface area contributed by atoms with Crippen LogP contribution >= 0.6 is 0 Å². The Balaban J connectivity index is 1.48. The lowest BCUT2D eigenvalue weighted by Crippen LogP contribution is -2.23. The fourth-order valence-corrected chi connectivity index (χ4v) is 3.20. The van der Waals surface area contributed by atoms with Gasteiger partial charge in [-0.1, -0.05) is 6.07 Å². The van der Waals surface area contributed by atoms with Gasteiger partial charge in [0.25, 0.3) is 5.91 Å². The summed E-state index contributed by atoms with van der Waals surface area (Å²) in [7, 11) is 0. The molecule has 136 valence electrons. The molecule has 0 radical (unpaired) electrons. The van der Waals surface area contributed by atoms with Gasteiger partial charge in [-0.15, -0.1) is 0 Å². The van der Waals surface area contributed by atoms with Crippen LogP contribution in [0.2, 0.25) is 0 Å².